The first-order chi connectivity index (χ1) is 15.1. The van der Waals surface area contributed by atoms with Gasteiger partial charge in [-0.15, -0.1) is 0 Å². The quantitative estimate of drug-likeness (QED) is 0.111. The van der Waals surface area contributed by atoms with Crippen molar-refractivity contribution in [3.05, 3.63) is 0 Å². The molecule has 0 amide bonds. The molecule has 0 aromatic carbocycles. The van der Waals surface area contributed by atoms with E-state index in [0.29, 0.717) is 19.8 Å². The number of unbranched alkanes of at least 4 members (excludes halogenated alkanes) is 5. The molecule has 31 heavy (non-hydrogen) atoms. The molecule has 4 nitrogen and oxygen atoms in total. The Morgan fingerprint density at radius 2 is 0.968 bits per heavy atom. The summed E-state index contributed by atoms with van der Waals surface area (Å²) in [5.41, 5.74) is -0.136. The lowest BCUT2D eigenvalue weighted by Crippen LogP contribution is -2.55. The molecule has 0 spiro atoms. The zero-order chi connectivity index (χ0) is 23.3. The third kappa shape index (κ3) is 12.0. The van der Waals surface area contributed by atoms with E-state index in [1.807, 2.05) is 0 Å². The normalized spacial score (nSPS) is 14.1. The minimum atomic E-state index is -0.944. The van der Waals surface area contributed by atoms with Crippen LogP contribution in [0.3, 0.4) is 0 Å². The Morgan fingerprint density at radius 3 is 1.45 bits per heavy atom. The van der Waals surface area contributed by atoms with Crippen LogP contribution in [0.25, 0.3) is 0 Å². The molecule has 1 unspecified atom stereocenters. The van der Waals surface area contributed by atoms with Gasteiger partial charge in [-0.05, 0) is 51.9 Å². The van der Waals surface area contributed by atoms with Gasteiger partial charge >= 0.3 is 0 Å². The van der Waals surface area contributed by atoms with Gasteiger partial charge in [0.15, 0.2) is 0 Å². The van der Waals surface area contributed by atoms with Crippen molar-refractivity contribution in [1.29, 1.82) is 0 Å². The third-order valence-corrected chi connectivity index (χ3v) is 6.02. The van der Waals surface area contributed by atoms with Crippen LogP contribution in [0.2, 0.25) is 0 Å². The molecule has 0 aromatic heterocycles. The van der Waals surface area contributed by atoms with E-state index in [1.54, 1.807) is 0 Å². The topological polar surface area (TPSA) is 36.9 Å². The molecular weight excluding hydrogens is 388 g/mol. The van der Waals surface area contributed by atoms with Crippen LogP contribution in [0, 0.1) is 5.41 Å². The summed E-state index contributed by atoms with van der Waals surface area (Å²) in [6.45, 7) is 16.7. The summed E-state index contributed by atoms with van der Waals surface area (Å²) >= 11 is 0. The highest BCUT2D eigenvalue weighted by molar-refractivity contribution is 4.89. The average Bonchev–Trinajstić information content (AvgIpc) is 2.78. The maximum atomic E-state index is 6.57. The van der Waals surface area contributed by atoms with Crippen LogP contribution in [-0.2, 0) is 18.9 Å². The zero-order valence-electron chi connectivity index (χ0n) is 22.1. The molecule has 0 aliphatic rings. The molecule has 0 aliphatic heterocycles. The van der Waals surface area contributed by atoms with Gasteiger partial charge in [-0.25, -0.2) is 0 Å². The number of rotatable bonds is 24. The third-order valence-electron chi connectivity index (χ3n) is 6.02. The molecule has 188 valence electrons. The predicted molar refractivity (Wildman–Crippen MR) is 133 cm³/mol. The highest BCUT2D eigenvalue weighted by atomic mass is 16.9. The van der Waals surface area contributed by atoms with Crippen LogP contribution in [0.4, 0.5) is 0 Å². The van der Waals surface area contributed by atoms with Crippen molar-refractivity contribution in [2.45, 2.75) is 137 Å². The van der Waals surface area contributed by atoms with E-state index in [9.17, 15) is 0 Å². The van der Waals surface area contributed by atoms with Gasteiger partial charge in [0.05, 0.1) is 25.2 Å². The number of hydrogen-bond donors (Lipinski definition) is 0. The largest absolute Gasteiger partial charge is 0.382 e. The standard InChI is InChI=1S/C27H56O4/c1-7-13-14-15-16-17-20-26(19-8-2,21-18-25-28-12-6)27(29-22-9-3,30-23-10-4)31-24-11-5/h7-25H2,1-6H3. The first-order valence-corrected chi connectivity index (χ1v) is 13.6. The fourth-order valence-corrected chi connectivity index (χ4v) is 4.51. The summed E-state index contributed by atoms with van der Waals surface area (Å²) in [7, 11) is 0. The molecule has 0 fully saturated rings. The molecular formula is C27H56O4. The van der Waals surface area contributed by atoms with E-state index in [1.165, 1.54) is 38.5 Å². The van der Waals surface area contributed by atoms with Crippen LogP contribution in [0.15, 0.2) is 0 Å². The maximum absolute atomic E-state index is 6.57. The van der Waals surface area contributed by atoms with E-state index in [0.717, 1.165) is 64.6 Å². The van der Waals surface area contributed by atoms with Gasteiger partial charge in [0.1, 0.15) is 0 Å². The molecule has 0 aliphatic carbocycles. The van der Waals surface area contributed by atoms with Crippen LogP contribution in [-0.4, -0.2) is 39.0 Å². The van der Waals surface area contributed by atoms with Gasteiger partial charge in [0.25, 0.3) is 5.97 Å². The van der Waals surface area contributed by atoms with E-state index < -0.39 is 5.97 Å². The molecule has 1 atom stereocenters. The Morgan fingerprint density at radius 1 is 0.452 bits per heavy atom. The van der Waals surface area contributed by atoms with Crippen LogP contribution >= 0.6 is 0 Å². The number of ether oxygens (including phenoxy) is 4. The fourth-order valence-electron chi connectivity index (χ4n) is 4.51. The van der Waals surface area contributed by atoms with Crippen molar-refractivity contribution in [3.63, 3.8) is 0 Å². The lowest BCUT2D eigenvalue weighted by Gasteiger charge is -2.49. The smallest absolute Gasteiger partial charge is 0.288 e. The second-order valence-electron chi connectivity index (χ2n) is 8.95. The zero-order valence-corrected chi connectivity index (χ0v) is 22.1. The predicted octanol–water partition coefficient (Wildman–Crippen LogP) is 8.27. The maximum Gasteiger partial charge on any atom is 0.288 e. The van der Waals surface area contributed by atoms with Crippen LogP contribution < -0.4 is 0 Å². The van der Waals surface area contributed by atoms with Crippen molar-refractivity contribution in [3.8, 4) is 0 Å². The van der Waals surface area contributed by atoms with Gasteiger partial charge in [0.2, 0.25) is 0 Å². The summed E-state index contributed by atoms with van der Waals surface area (Å²) < 4.78 is 25.4. The first-order valence-electron chi connectivity index (χ1n) is 13.6. The molecule has 0 aromatic rings. The van der Waals surface area contributed by atoms with Crippen LogP contribution in [0.1, 0.15) is 131 Å². The summed E-state index contributed by atoms with van der Waals surface area (Å²) in [6.07, 6.45) is 16.0. The summed E-state index contributed by atoms with van der Waals surface area (Å²) in [5, 5.41) is 0. The van der Waals surface area contributed by atoms with Gasteiger partial charge in [-0.1, -0.05) is 79.6 Å². The lowest BCUT2D eigenvalue weighted by atomic mass is 9.72. The molecule has 0 heterocycles. The minimum absolute atomic E-state index is 0.136. The van der Waals surface area contributed by atoms with Gasteiger partial charge in [-0.3, -0.25) is 0 Å². The second-order valence-corrected chi connectivity index (χ2v) is 8.95. The van der Waals surface area contributed by atoms with Gasteiger partial charge < -0.3 is 18.9 Å². The lowest BCUT2D eigenvalue weighted by molar-refractivity contribution is -0.435. The van der Waals surface area contributed by atoms with Crippen molar-refractivity contribution >= 4 is 0 Å². The fraction of sp³-hybridized carbons (Fsp3) is 1.00. The van der Waals surface area contributed by atoms with E-state index in [-0.39, 0.29) is 5.41 Å². The first kappa shape index (κ1) is 30.8. The van der Waals surface area contributed by atoms with Gasteiger partial charge in [-0.2, -0.15) is 0 Å². The highest BCUT2D eigenvalue weighted by Gasteiger charge is 2.53. The SMILES string of the molecule is CCCCCCCCC(CCC)(CCCOCC)C(OCCC)(OCCC)OCCC. The van der Waals surface area contributed by atoms with E-state index in [4.69, 9.17) is 18.9 Å². The Hall–Kier alpha value is -0.160. The number of hydrogen-bond acceptors (Lipinski definition) is 4. The Kier molecular flexibility index (Phi) is 20.3. The Balaban J connectivity index is 5.77. The summed E-state index contributed by atoms with van der Waals surface area (Å²) in [4.78, 5) is 0. The van der Waals surface area contributed by atoms with Crippen molar-refractivity contribution in [1.82, 2.24) is 0 Å². The highest BCUT2D eigenvalue weighted by Crippen LogP contribution is 2.49. The molecule has 0 radical (unpaired) electrons. The molecule has 0 rings (SSSR count). The van der Waals surface area contributed by atoms with E-state index >= 15 is 0 Å². The average molecular weight is 445 g/mol. The molecule has 0 bridgehead atoms. The minimum Gasteiger partial charge on any atom is -0.382 e. The summed E-state index contributed by atoms with van der Waals surface area (Å²) in [5.74, 6) is -0.944. The van der Waals surface area contributed by atoms with Crippen molar-refractivity contribution in [2.24, 2.45) is 5.41 Å². The Labute approximate surface area is 195 Å². The molecule has 0 saturated heterocycles. The van der Waals surface area contributed by atoms with Crippen LogP contribution in [0.5, 0.6) is 0 Å². The second kappa shape index (κ2) is 20.4. The monoisotopic (exact) mass is 444 g/mol. The van der Waals surface area contributed by atoms with Gasteiger partial charge in [0, 0.05) is 13.2 Å². The molecule has 0 saturated carbocycles. The molecule has 0 N–H and O–H groups in total. The van der Waals surface area contributed by atoms with Crippen molar-refractivity contribution in [2.75, 3.05) is 33.0 Å². The van der Waals surface area contributed by atoms with Crippen molar-refractivity contribution < 1.29 is 18.9 Å². The van der Waals surface area contributed by atoms with E-state index in [2.05, 4.69) is 41.5 Å². The Bertz CT molecular complexity index is 352. The summed E-state index contributed by atoms with van der Waals surface area (Å²) in [6, 6.07) is 0. The molecule has 4 heteroatoms.